The molecule has 2 aromatic rings. The maximum atomic E-state index is 12.6. The molecular weight excluding hydrogens is 348 g/mol. The summed E-state index contributed by atoms with van der Waals surface area (Å²) in [6, 6.07) is 14.4. The van der Waals surface area contributed by atoms with Crippen LogP contribution in [-0.4, -0.2) is 71.4 Å². The fraction of sp³-hybridized carbons (Fsp3) is 0.478. The summed E-state index contributed by atoms with van der Waals surface area (Å²) in [5.41, 5.74) is 2.16. The summed E-state index contributed by atoms with van der Waals surface area (Å²) >= 11 is 0. The van der Waals surface area contributed by atoms with Crippen molar-refractivity contribution in [1.82, 2.24) is 19.7 Å². The number of carbonyl (C=O) groups is 1. The Bertz CT molecular complexity index is 736. The first-order chi connectivity index (χ1) is 13.8. The van der Waals surface area contributed by atoms with Gasteiger partial charge in [0, 0.05) is 70.3 Å². The molecule has 0 saturated carbocycles. The third-order valence-corrected chi connectivity index (χ3v) is 6.06. The van der Waals surface area contributed by atoms with E-state index in [4.69, 9.17) is 0 Å². The highest BCUT2D eigenvalue weighted by molar-refractivity contribution is 5.94. The summed E-state index contributed by atoms with van der Waals surface area (Å²) in [5.74, 6) is 0.859. The van der Waals surface area contributed by atoms with Crippen LogP contribution in [-0.2, 0) is 6.54 Å². The Kier molecular flexibility index (Phi) is 6.34. The van der Waals surface area contributed by atoms with Crippen LogP contribution in [0, 0.1) is 5.92 Å². The number of piperidine rings is 1. The van der Waals surface area contributed by atoms with Gasteiger partial charge < -0.3 is 9.80 Å². The number of pyridine rings is 1. The minimum absolute atomic E-state index is 0.148. The number of aromatic nitrogens is 1. The molecule has 28 heavy (non-hydrogen) atoms. The summed E-state index contributed by atoms with van der Waals surface area (Å²) in [5, 5.41) is 0. The molecule has 2 fully saturated rings. The molecule has 0 N–H and O–H groups in total. The van der Waals surface area contributed by atoms with Gasteiger partial charge in [0.05, 0.1) is 0 Å². The Morgan fingerprint density at radius 3 is 2.18 bits per heavy atom. The number of rotatable bonds is 5. The third-order valence-electron chi connectivity index (χ3n) is 6.06. The van der Waals surface area contributed by atoms with Crippen molar-refractivity contribution in [2.24, 2.45) is 5.92 Å². The molecule has 4 rings (SSSR count). The van der Waals surface area contributed by atoms with Crippen molar-refractivity contribution in [2.75, 3.05) is 45.8 Å². The number of carbonyl (C=O) groups excluding carboxylic acids is 1. The molecule has 0 bridgehead atoms. The van der Waals surface area contributed by atoms with Crippen LogP contribution >= 0.6 is 0 Å². The summed E-state index contributed by atoms with van der Waals surface area (Å²) in [6.45, 7) is 8.59. The van der Waals surface area contributed by atoms with Crippen molar-refractivity contribution in [3.63, 3.8) is 0 Å². The lowest BCUT2D eigenvalue weighted by Crippen LogP contribution is -2.48. The van der Waals surface area contributed by atoms with E-state index in [9.17, 15) is 4.79 Å². The molecule has 0 atom stereocenters. The number of nitrogens with zero attached hydrogens (tertiary/aromatic N) is 4. The van der Waals surface area contributed by atoms with Gasteiger partial charge in [-0.3, -0.25) is 14.7 Å². The number of amides is 1. The molecule has 1 amide bonds. The van der Waals surface area contributed by atoms with Crippen LogP contribution in [0.15, 0.2) is 54.9 Å². The molecule has 5 heteroatoms. The fourth-order valence-corrected chi connectivity index (χ4v) is 4.33. The minimum atomic E-state index is 0.148. The van der Waals surface area contributed by atoms with Crippen LogP contribution in [0.3, 0.4) is 0 Å². The van der Waals surface area contributed by atoms with Crippen LogP contribution in [0.2, 0.25) is 0 Å². The smallest absolute Gasteiger partial charge is 0.253 e. The predicted octanol–water partition coefficient (Wildman–Crippen LogP) is 2.75. The Morgan fingerprint density at radius 1 is 0.857 bits per heavy atom. The second kappa shape index (κ2) is 9.30. The summed E-state index contributed by atoms with van der Waals surface area (Å²) in [7, 11) is 0. The molecule has 3 heterocycles. The molecular formula is C23H30N4O. The predicted molar refractivity (Wildman–Crippen MR) is 111 cm³/mol. The van der Waals surface area contributed by atoms with E-state index in [0.717, 1.165) is 64.2 Å². The van der Waals surface area contributed by atoms with Crippen LogP contribution in [0.5, 0.6) is 0 Å². The average Bonchev–Trinajstić information content (AvgIpc) is 2.76. The second-order valence-electron chi connectivity index (χ2n) is 8.03. The molecule has 1 aromatic carbocycles. The largest absolute Gasteiger partial charge is 0.339 e. The lowest BCUT2D eigenvalue weighted by molar-refractivity contribution is 0.0629. The van der Waals surface area contributed by atoms with Gasteiger partial charge in [-0.15, -0.1) is 0 Å². The minimum Gasteiger partial charge on any atom is -0.339 e. The van der Waals surface area contributed by atoms with Crippen molar-refractivity contribution in [2.45, 2.75) is 19.4 Å². The van der Waals surface area contributed by atoms with E-state index in [2.05, 4.69) is 45.1 Å². The van der Waals surface area contributed by atoms with Crippen molar-refractivity contribution >= 4 is 5.91 Å². The molecule has 0 radical (unpaired) electrons. The maximum absolute atomic E-state index is 12.6. The lowest BCUT2D eigenvalue weighted by Gasteiger charge is -2.39. The number of hydrogen-bond donors (Lipinski definition) is 0. The molecule has 2 aliphatic heterocycles. The third kappa shape index (κ3) is 4.97. The standard InChI is InChI=1S/C23H30N4O/c28-23(22-6-10-24-11-7-22)27-12-8-21(9-13-27)19-26-16-14-25(15-17-26)18-20-4-2-1-3-5-20/h1-7,10-11,21H,8-9,12-19H2. The van der Waals surface area contributed by atoms with Crippen LogP contribution in [0.25, 0.3) is 0 Å². The van der Waals surface area contributed by atoms with Gasteiger partial charge in [0.25, 0.3) is 5.91 Å². The number of likely N-dealkylation sites (tertiary alicyclic amines) is 1. The highest BCUT2D eigenvalue weighted by Crippen LogP contribution is 2.21. The van der Waals surface area contributed by atoms with Crippen molar-refractivity contribution in [1.29, 1.82) is 0 Å². The van der Waals surface area contributed by atoms with Gasteiger partial charge in [-0.1, -0.05) is 30.3 Å². The lowest BCUT2D eigenvalue weighted by atomic mass is 9.95. The number of benzene rings is 1. The topological polar surface area (TPSA) is 39.7 Å². The van der Waals surface area contributed by atoms with E-state index >= 15 is 0 Å². The van der Waals surface area contributed by atoms with E-state index in [1.54, 1.807) is 12.4 Å². The average molecular weight is 379 g/mol. The van der Waals surface area contributed by atoms with Crippen LogP contribution < -0.4 is 0 Å². The highest BCUT2D eigenvalue weighted by Gasteiger charge is 2.26. The maximum Gasteiger partial charge on any atom is 0.253 e. The zero-order chi connectivity index (χ0) is 19.2. The van der Waals surface area contributed by atoms with Gasteiger partial charge >= 0.3 is 0 Å². The van der Waals surface area contributed by atoms with Crippen molar-refractivity contribution in [3.8, 4) is 0 Å². The van der Waals surface area contributed by atoms with Gasteiger partial charge in [-0.25, -0.2) is 0 Å². The molecule has 2 aliphatic rings. The Morgan fingerprint density at radius 2 is 1.50 bits per heavy atom. The van der Waals surface area contributed by atoms with E-state index in [0.29, 0.717) is 5.92 Å². The Labute approximate surface area is 168 Å². The van der Waals surface area contributed by atoms with Crippen LogP contribution in [0.1, 0.15) is 28.8 Å². The Hall–Kier alpha value is -2.24. The van der Waals surface area contributed by atoms with Gasteiger partial charge in [0.2, 0.25) is 0 Å². The van der Waals surface area contributed by atoms with Gasteiger partial charge in [0.15, 0.2) is 0 Å². The van der Waals surface area contributed by atoms with Gasteiger partial charge in [0.1, 0.15) is 0 Å². The first-order valence-corrected chi connectivity index (χ1v) is 10.5. The number of hydrogen-bond acceptors (Lipinski definition) is 4. The summed E-state index contributed by atoms with van der Waals surface area (Å²) < 4.78 is 0. The normalized spacial score (nSPS) is 19.6. The fourth-order valence-electron chi connectivity index (χ4n) is 4.33. The molecule has 148 valence electrons. The molecule has 1 aromatic heterocycles. The highest BCUT2D eigenvalue weighted by atomic mass is 16.2. The first-order valence-electron chi connectivity index (χ1n) is 10.5. The summed E-state index contributed by atoms with van der Waals surface area (Å²) in [6.07, 6.45) is 5.61. The zero-order valence-corrected chi connectivity index (χ0v) is 16.5. The van der Waals surface area contributed by atoms with E-state index in [1.807, 2.05) is 17.0 Å². The molecule has 0 spiro atoms. The van der Waals surface area contributed by atoms with Gasteiger partial charge in [-0.05, 0) is 36.5 Å². The van der Waals surface area contributed by atoms with E-state index < -0.39 is 0 Å². The molecule has 0 aliphatic carbocycles. The Balaban J connectivity index is 1.18. The monoisotopic (exact) mass is 378 g/mol. The second-order valence-corrected chi connectivity index (χ2v) is 8.03. The van der Waals surface area contributed by atoms with Gasteiger partial charge in [-0.2, -0.15) is 0 Å². The van der Waals surface area contributed by atoms with E-state index in [-0.39, 0.29) is 5.91 Å². The molecule has 0 unspecified atom stereocenters. The summed E-state index contributed by atoms with van der Waals surface area (Å²) in [4.78, 5) is 23.7. The van der Waals surface area contributed by atoms with E-state index in [1.165, 1.54) is 12.1 Å². The SMILES string of the molecule is O=C(c1ccncc1)N1CCC(CN2CCN(Cc3ccccc3)CC2)CC1. The molecule has 5 nitrogen and oxygen atoms in total. The number of piperazine rings is 1. The molecule has 2 saturated heterocycles. The quantitative estimate of drug-likeness (QED) is 0.802. The van der Waals surface area contributed by atoms with Crippen molar-refractivity contribution in [3.05, 3.63) is 66.0 Å². The first kappa shape index (κ1) is 19.1. The van der Waals surface area contributed by atoms with Crippen molar-refractivity contribution < 1.29 is 4.79 Å². The zero-order valence-electron chi connectivity index (χ0n) is 16.5. The van der Waals surface area contributed by atoms with Crippen LogP contribution in [0.4, 0.5) is 0 Å².